The van der Waals surface area contributed by atoms with Crippen molar-refractivity contribution in [2.24, 2.45) is 0 Å². The number of carbonyl (C=O) groups excluding carboxylic acids is 2. The Balaban J connectivity index is 1.82. The lowest BCUT2D eigenvalue weighted by Crippen LogP contribution is -2.28. The number of halogens is 1. The van der Waals surface area contributed by atoms with Crippen molar-refractivity contribution < 1.29 is 9.59 Å². The topological polar surface area (TPSA) is 64.0 Å². The van der Waals surface area contributed by atoms with E-state index in [1.807, 2.05) is 50.2 Å². The second kappa shape index (κ2) is 6.78. The van der Waals surface area contributed by atoms with Gasteiger partial charge in [0.05, 0.1) is 17.3 Å². The van der Waals surface area contributed by atoms with Gasteiger partial charge in [0.15, 0.2) is 5.78 Å². The van der Waals surface area contributed by atoms with E-state index in [0.29, 0.717) is 11.4 Å². The van der Waals surface area contributed by atoms with E-state index in [4.69, 9.17) is 0 Å². The summed E-state index contributed by atoms with van der Waals surface area (Å²) in [6, 6.07) is 15.1. The van der Waals surface area contributed by atoms with E-state index in [9.17, 15) is 9.59 Å². The predicted octanol–water partition coefficient (Wildman–Crippen LogP) is 4.56. The smallest absolute Gasteiger partial charge is 0.226 e. The molecule has 0 saturated heterocycles. The second-order valence-corrected chi connectivity index (χ2v) is 7.69. The number of anilines is 1. The molecule has 0 saturated carbocycles. The number of nitrogens with zero attached hydrogens (tertiary/aromatic N) is 2. The van der Waals surface area contributed by atoms with Crippen LogP contribution >= 0.6 is 15.9 Å². The lowest BCUT2D eigenvalue weighted by molar-refractivity contribution is -0.116. The van der Waals surface area contributed by atoms with Crippen molar-refractivity contribution in [3.63, 3.8) is 0 Å². The average Bonchev–Trinajstić information content (AvgIpc) is 2.97. The van der Waals surface area contributed by atoms with Crippen molar-refractivity contribution in [1.29, 1.82) is 0 Å². The molecule has 3 aromatic rings. The largest absolute Gasteiger partial charge is 0.310 e. The molecule has 6 heteroatoms. The van der Waals surface area contributed by atoms with Crippen LogP contribution in [-0.4, -0.2) is 21.5 Å². The summed E-state index contributed by atoms with van der Waals surface area (Å²) in [5.41, 5.74) is 4.09. The van der Waals surface area contributed by atoms with Gasteiger partial charge in [0.2, 0.25) is 5.91 Å². The molecule has 5 nitrogen and oxygen atoms in total. The molecule has 1 amide bonds. The molecule has 1 aromatic heterocycles. The minimum Gasteiger partial charge on any atom is -0.310 e. The number of ketones is 1. The van der Waals surface area contributed by atoms with Crippen LogP contribution in [0.1, 0.15) is 39.5 Å². The van der Waals surface area contributed by atoms with E-state index in [2.05, 4.69) is 26.3 Å². The molecule has 0 radical (unpaired) electrons. The summed E-state index contributed by atoms with van der Waals surface area (Å²) < 4.78 is 2.63. The first-order valence-electron chi connectivity index (χ1n) is 8.70. The number of fused-ring (bicyclic) bond motifs is 1. The van der Waals surface area contributed by atoms with Crippen molar-refractivity contribution in [2.75, 3.05) is 5.32 Å². The van der Waals surface area contributed by atoms with Gasteiger partial charge in [0, 0.05) is 22.0 Å². The molecule has 0 fully saturated rings. The standard InChI is InChI=1S/C21H18BrN3O2/c1-12-4-3-5-16(10-12)25-21-19(13(2)24-25)17(11-18(26)23-21)20(27)14-6-8-15(22)9-7-14/h3-10,17H,11H2,1-2H3,(H,23,26). The minimum absolute atomic E-state index is 0.0644. The average molecular weight is 424 g/mol. The SMILES string of the molecule is Cc1cccc(-n2nc(C)c3c2NC(=O)CC3C(=O)c2ccc(Br)cc2)c1. The van der Waals surface area contributed by atoms with E-state index in [1.165, 1.54) is 0 Å². The van der Waals surface area contributed by atoms with Crippen LogP contribution in [0.3, 0.4) is 0 Å². The van der Waals surface area contributed by atoms with Gasteiger partial charge in [-0.15, -0.1) is 0 Å². The van der Waals surface area contributed by atoms with Crippen LogP contribution < -0.4 is 5.32 Å². The van der Waals surface area contributed by atoms with Crippen LogP contribution in [0.2, 0.25) is 0 Å². The Kier molecular flexibility index (Phi) is 4.44. The molecule has 1 aliphatic heterocycles. The highest BCUT2D eigenvalue weighted by Gasteiger charge is 2.36. The van der Waals surface area contributed by atoms with Gasteiger partial charge in [-0.1, -0.05) is 40.2 Å². The fraction of sp³-hybridized carbons (Fsp3) is 0.190. The molecule has 0 bridgehead atoms. The summed E-state index contributed by atoms with van der Waals surface area (Å²) in [6.45, 7) is 3.88. The van der Waals surface area contributed by atoms with Crippen LogP contribution in [0, 0.1) is 13.8 Å². The van der Waals surface area contributed by atoms with Crippen molar-refractivity contribution in [3.05, 3.63) is 75.4 Å². The molecule has 2 aromatic carbocycles. The lowest BCUT2D eigenvalue weighted by atomic mass is 9.85. The molecular weight excluding hydrogens is 406 g/mol. The Morgan fingerprint density at radius 3 is 2.63 bits per heavy atom. The van der Waals surface area contributed by atoms with Crippen molar-refractivity contribution in [2.45, 2.75) is 26.2 Å². The Bertz CT molecular complexity index is 1050. The van der Waals surface area contributed by atoms with Gasteiger partial charge in [0.25, 0.3) is 0 Å². The fourth-order valence-electron chi connectivity index (χ4n) is 3.53. The van der Waals surface area contributed by atoms with Crippen molar-refractivity contribution in [1.82, 2.24) is 9.78 Å². The molecule has 1 atom stereocenters. The zero-order valence-corrected chi connectivity index (χ0v) is 16.6. The van der Waals surface area contributed by atoms with Crippen molar-refractivity contribution in [3.8, 4) is 5.69 Å². The molecule has 2 heterocycles. The van der Waals surface area contributed by atoms with Crippen LogP contribution in [0.15, 0.2) is 53.0 Å². The van der Waals surface area contributed by atoms with Gasteiger partial charge in [-0.2, -0.15) is 5.10 Å². The summed E-state index contributed by atoms with van der Waals surface area (Å²) in [4.78, 5) is 25.5. The number of hydrogen-bond acceptors (Lipinski definition) is 3. The van der Waals surface area contributed by atoms with Gasteiger partial charge < -0.3 is 5.32 Å². The van der Waals surface area contributed by atoms with E-state index in [0.717, 1.165) is 27.0 Å². The zero-order valence-electron chi connectivity index (χ0n) is 15.0. The second-order valence-electron chi connectivity index (χ2n) is 6.77. The van der Waals surface area contributed by atoms with Gasteiger partial charge in [-0.25, -0.2) is 4.68 Å². The number of amides is 1. The first-order valence-corrected chi connectivity index (χ1v) is 9.49. The van der Waals surface area contributed by atoms with E-state index in [-0.39, 0.29) is 18.1 Å². The van der Waals surface area contributed by atoms with Crippen LogP contribution in [0.4, 0.5) is 5.82 Å². The predicted molar refractivity (Wildman–Crippen MR) is 107 cm³/mol. The van der Waals surface area contributed by atoms with Gasteiger partial charge in [-0.3, -0.25) is 9.59 Å². The molecule has 4 rings (SSSR count). The number of hydrogen-bond donors (Lipinski definition) is 1. The first-order chi connectivity index (χ1) is 12.9. The molecule has 1 aliphatic rings. The van der Waals surface area contributed by atoms with E-state index >= 15 is 0 Å². The maximum atomic E-state index is 13.1. The van der Waals surface area contributed by atoms with E-state index in [1.54, 1.807) is 16.8 Å². The van der Waals surface area contributed by atoms with Gasteiger partial charge in [-0.05, 0) is 43.7 Å². The number of rotatable bonds is 3. The summed E-state index contributed by atoms with van der Waals surface area (Å²) in [7, 11) is 0. The third-order valence-corrected chi connectivity index (χ3v) is 5.32. The fourth-order valence-corrected chi connectivity index (χ4v) is 3.80. The van der Waals surface area contributed by atoms with Crippen LogP contribution in [0.5, 0.6) is 0 Å². The molecule has 0 aliphatic carbocycles. The first kappa shape index (κ1) is 17.7. The summed E-state index contributed by atoms with van der Waals surface area (Å²) in [5.74, 6) is -0.185. The Morgan fingerprint density at radius 1 is 1.19 bits per heavy atom. The highest BCUT2D eigenvalue weighted by molar-refractivity contribution is 9.10. The zero-order chi connectivity index (χ0) is 19.1. The van der Waals surface area contributed by atoms with Crippen molar-refractivity contribution >= 4 is 33.4 Å². The molecular formula is C21H18BrN3O2. The normalized spacial score (nSPS) is 16.0. The third-order valence-electron chi connectivity index (χ3n) is 4.79. The summed E-state index contributed by atoms with van der Waals surface area (Å²) in [5, 5.41) is 7.54. The Hall–Kier alpha value is -2.73. The third kappa shape index (κ3) is 3.21. The number of carbonyl (C=O) groups is 2. The van der Waals surface area contributed by atoms with Gasteiger partial charge >= 0.3 is 0 Å². The number of aromatic nitrogens is 2. The minimum atomic E-state index is -0.534. The molecule has 1 unspecified atom stereocenters. The van der Waals surface area contributed by atoms with E-state index < -0.39 is 5.92 Å². The maximum Gasteiger partial charge on any atom is 0.226 e. The maximum absolute atomic E-state index is 13.1. The Morgan fingerprint density at radius 2 is 1.93 bits per heavy atom. The molecule has 27 heavy (non-hydrogen) atoms. The molecule has 1 N–H and O–H groups in total. The number of nitrogens with one attached hydrogen (secondary N) is 1. The molecule has 136 valence electrons. The Labute approximate surface area is 165 Å². The number of Topliss-reactive ketones (excluding diaryl/α,β-unsaturated/α-hetero) is 1. The number of benzene rings is 2. The van der Waals surface area contributed by atoms with Crippen LogP contribution in [-0.2, 0) is 4.79 Å². The van der Waals surface area contributed by atoms with Crippen LogP contribution in [0.25, 0.3) is 5.69 Å². The molecule has 0 spiro atoms. The summed E-state index contributed by atoms with van der Waals surface area (Å²) >= 11 is 3.38. The number of aryl methyl sites for hydroxylation is 2. The monoisotopic (exact) mass is 423 g/mol. The lowest BCUT2D eigenvalue weighted by Gasteiger charge is -2.23. The van der Waals surface area contributed by atoms with Gasteiger partial charge in [0.1, 0.15) is 5.82 Å². The highest BCUT2D eigenvalue weighted by Crippen LogP contribution is 2.38. The highest BCUT2D eigenvalue weighted by atomic mass is 79.9. The summed E-state index contributed by atoms with van der Waals surface area (Å²) in [6.07, 6.45) is 0.127. The quantitative estimate of drug-likeness (QED) is 0.627.